The number of hydrogen-bond donors (Lipinski definition) is 1. The molecular weight excluding hydrogens is 314 g/mol. The van der Waals surface area contributed by atoms with Gasteiger partial charge in [0.15, 0.2) is 5.16 Å². The van der Waals surface area contributed by atoms with Gasteiger partial charge in [0.2, 0.25) is 11.8 Å². The van der Waals surface area contributed by atoms with Crippen LogP contribution >= 0.6 is 11.8 Å². The van der Waals surface area contributed by atoms with Crippen molar-refractivity contribution in [2.24, 2.45) is 0 Å². The molecule has 0 aliphatic carbocycles. The molecule has 0 saturated carbocycles. The minimum Gasteiger partial charge on any atom is -0.350 e. The van der Waals surface area contributed by atoms with Gasteiger partial charge in [0, 0.05) is 18.1 Å². The second-order valence-corrected chi connectivity index (χ2v) is 7.55. The van der Waals surface area contributed by atoms with Crippen LogP contribution in [0.5, 0.6) is 0 Å². The highest BCUT2D eigenvalue weighted by Crippen LogP contribution is 2.19. The van der Waals surface area contributed by atoms with Gasteiger partial charge in [0.05, 0.1) is 12.3 Å². The summed E-state index contributed by atoms with van der Waals surface area (Å²) < 4.78 is 1.92. The molecule has 1 aromatic heterocycles. The predicted octanol–water partition coefficient (Wildman–Crippen LogP) is 1.71. The number of rotatable bonds is 7. The third-order valence-electron chi connectivity index (χ3n) is 3.00. The highest BCUT2D eigenvalue weighted by atomic mass is 32.2. The lowest BCUT2D eigenvalue weighted by Gasteiger charge is -2.25. The smallest absolute Gasteiger partial charge is 0.240 e. The van der Waals surface area contributed by atoms with E-state index in [1.807, 2.05) is 46.1 Å². The van der Waals surface area contributed by atoms with Gasteiger partial charge in [0.25, 0.3) is 0 Å². The van der Waals surface area contributed by atoms with Crippen LogP contribution in [0.4, 0.5) is 0 Å². The fraction of sp³-hybridized carbons (Fsp3) is 0.733. The Morgan fingerprint density at radius 2 is 2.04 bits per heavy atom. The molecule has 7 nitrogen and oxygen atoms in total. The van der Waals surface area contributed by atoms with Gasteiger partial charge < -0.3 is 14.8 Å². The van der Waals surface area contributed by atoms with Crippen LogP contribution in [0.15, 0.2) is 11.5 Å². The van der Waals surface area contributed by atoms with Gasteiger partial charge in [0.1, 0.15) is 6.33 Å². The Bertz CT molecular complexity index is 536. The molecule has 130 valence electrons. The van der Waals surface area contributed by atoms with E-state index in [2.05, 4.69) is 15.5 Å². The topological polar surface area (TPSA) is 80.1 Å². The largest absolute Gasteiger partial charge is 0.350 e. The molecule has 0 fully saturated rings. The van der Waals surface area contributed by atoms with E-state index in [-0.39, 0.29) is 35.7 Å². The molecule has 0 atom stereocenters. The zero-order chi connectivity index (χ0) is 17.6. The van der Waals surface area contributed by atoms with Crippen LogP contribution in [0, 0.1) is 0 Å². The molecule has 1 rings (SSSR count). The van der Waals surface area contributed by atoms with Crippen LogP contribution < -0.4 is 5.32 Å². The standard InChI is InChI=1S/C15H27N5O2S/c1-7-19(8-12(21)17-15(4,5)6)13(22)9-23-14-18-16-10-20(14)11(2)3/h10-11H,7-9H2,1-6H3,(H,17,21). The van der Waals surface area contributed by atoms with Crippen molar-refractivity contribution in [3.8, 4) is 0 Å². The molecular formula is C15H27N5O2S. The van der Waals surface area contributed by atoms with E-state index in [9.17, 15) is 9.59 Å². The molecule has 1 N–H and O–H groups in total. The highest BCUT2D eigenvalue weighted by molar-refractivity contribution is 7.99. The zero-order valence-corrected chi connectivity index (χ0v) is 15.6. The van der Waals surface area contributed by atoms with Gasteiger partial charge in [-0.2, -0.15) is 0 Å². The summed E-state index contributed by atoms with van der Waals surface area (Å²) in [6, 6.07) is 0.238. The molecule has 23 heavy (non-hydrogen) atoms. The first-order chi connectivity index (χ1) is 10.6. The Kier molecular flexibility index (Phi) is 7.05. The van der Waals surface area contributed by atoms with Crippen LogP contribution in [0.2, 0.25) is 0 Å². The Hall–Kier alpha value is -1.57. The van der Waals surface area contributed by atoms with Gasteiger partial charge in [-0.1, -0.05) is 11.8 Å². The van der Waals surface area contributed by atoms with Crippen molar-refractivity contribution in [2.45, 2.75) is 58.3 Å². The van der Waals surface area contributed by atoms with Gasteiger partial charge in [-0.15, -0.1) is 10.2 Å². The lowest BCUT2D eigenvalue weighted by molar-refractivity contribution is -0.134. The van der Waals surface area contributed by atoms with Crippen LogP contribution in [-0.2, 0) is 9.59 Å². The molecule has 0 spiro atoms. The number of carbonyl (C=O) groups excluding carboxylic acids is 2. The fourth-order valence-electron chi connectivity index (χ4n) is 1.91. The van der Waals surface area contributed by atoms with E-state index in [0.29, 0.717) is 11.7 Å². The lowest BCUT2D eigenvalue weighted by atomic mass is 10.1. The average Bonchev–Trinajstić information content (AvgIpc) is 2.88. The van der Waals surface area contributed by atoms with Crippen LogP contribution in [0.1, 0.15) is 47.6 Å². The summed E-state index contributed by atoms with van der Waals surface area (Å²) in [6.45, 7) is 12.2. The van der Waals surface area contributed by atoms with Crippen molar-refractivity contribution >= 4 is 23.6 Å². The first-order valence-electron chi connectivity index (χ1n) is 7.75. The van der Waals surface area contributed by atoms with Crippen molar-refractivity contribution in [1.82, 2.24) is 25.0 Å². The Morgan fingerprint density at radius 3 is 2.57 bits per heavy atom. The number of thioether (sulfide) groups is 1. The molecule has 1 heterocycles. The van der Waals surface area contributed by atoms with Crippen LogP contribution in [-0.4, -0.2) is 55.9 Å². The van der Waals surface area contributed by atoms with E-state index >= 15 is 0 Å². The quantitative estimate of drug-likeness (QED) is 0.764. The maximum atomic E-state index is 12.3. The molecule has 0 radical (unpaired) electrons. The minimum atomic E-state index is -0.304. The highest BCUT2D eigenvalue weighted by Gasteiger charge is 2.20. The number of amides is 2. The number of likely N-dealkylation sites (N-methyl/N-ethyl adjacent to an activating group) is 1. The summed E-state index contributed by atoms with van der Waals surface area (Å²) in [7, 11) is 0. The minimum absolute atomic E-state index is 0.0734. The third-order valence-corrected chi connectivity index (χ3v) is 3.95. The predicted molar refractivity (Wildman–Crippen MR) is 91.3 cm³/mol. The second kappa shape index (κ2) is 8.33. The second-order valence-electron chi connectivity index (χ2n) is 6.61. The summed E-state index contributed by atoms with van der Waals surface area (Å²) in [6.07, 6.45) is 1.66. The summed E-state index contributed by atoms with van der Waals surface area (Å²) in [5, 5.41) is 11.5. The molecule has 0 saturated heterocycles. The summed E-state index contributed by atoms with van der Waals surface area (Å²) in [5.41, 5.74) is -0.304. The van der Waals surface area contributed by atoms with Gasteiger partial charge >= 0.3 is 0 Å². The van der Waals surface area contributed by atoms with E-state index in [1.54, 1.807) is 11.2 Å². The average molecular weight is 341 g/mol. The maximum Gasteiger partial charge on any atom is 0.240 e. The monoisotopic (exact) mass is 341 g/mol. The molecule has 8 heteroatoms. The first-order valence-corrected chi connectivity index (χ1v) is 8.73. The van der Waals surface area contributed by atoms with E-state index in [1.165, 1.54) is 11.8 Å². The summed E-state index contributed by atoms with van der Waals surface area (Å²) >= 11 is 1.34. The molecule has 0 aliphatic rings. The fourth-order valence-corrected chi connectivity index (χ4v) is 2.86. The van der Waals surface area contributed by atoms with Crippen molar-refractivity contribution in [1.29, 1.82) is 0 Å². The van der Waals surface area contributed by atoms with Crippen molar-refractivity contribution in [2.75, 3.05) is 18.8 Å². The van der Waals surface area contributed by atoms with Crippen molar-refractivity contribution in [3.63, 3.8) is 0 Å². The normalized spacial score (nSPS) is 11.6. The Morgan fingerprint density at radius 1 is 1.39 bits per heavy atom. The van der Waals surface area contributed by atoms with Crippen molar-refractivity contribution < 1.29 is 9.59 Å². The van der Waals surface area contributed by atoms with E-state index in [4.69, 9.17) is 0 Å². The number of hydrogen-bond acceptors (Lipinski definition) is 5. The van der Waals surface area contributed by atoms with Gasteiger partial charge in [-0.3, -0.25) is 9.59 Å². The molecule has 2 amide bonds. The van der Waals surface area contributed by atoms with Gasteiger partial charge in [-0.25, -0.2) is 0 Å². The van der Waals surface area contributed by atoms with Crippen LogP contribution in [0.25, 0.3) is 0 Å². The lowest BCUT2D eigenvalue weighted by Crippen LogP contribution is -2.47. The van der Waals surface area contributed by atoms with Gasteiger partial charge in [-0.05, 0) is 41.5 Å². The number of carbonyl (C=O) groups is 2. The Labute approximate surface area is 142 Å². The Balaban J connectivity index is 2.57. The molecule has 0 bridgehead atoms. The molecule has 0 aliphatic heterocycles. The van der Waals surface area contributed by atoms with Crippen molar-refractivity contribution in [3.05, 3.63) is 6.33 Å². The van der Waals surface area contributed by atoms with E-state index < -0.39 is 0 Å². The number of aromatic nitrogens is 3. The summed E-state index contributed by atoms with van der Waals surface area (Å²) in [4.78, 5) is 25.8. The maximum absolute atomic E-state index is 12.3. The first kappa shape index (κ1) is 19.5. The number of nitrogens with zero attached hydrogens (tertiary/aromatic N) is 4. The zero-order valence-electron chi connectivity index (χ0n) is 14.8. The van der Waals surface area contributed by atoms with Crippen LogP contribution in [0.3, 0.4) is 0 Å². The molecule has 0 aromatic carbocycles. The third kappa shape index (κ3) is 6.60. The molecule has 0 unspecified atom stereocenters. The SMILES string of the molecule is CCN(CC(=O)NC(C)(C)C)C(=O)CSc1nncn1C(C)C. The number of nitrogens with one attached hydrogen (secondary N) is 1. The summed E-state index contributed by atoms with van der Waals surface area (Å²) in [5.74, 6) is 0.00473. The van der Waals surface area contributed by atoms with E-state index in [0.717, 1.165) is 0 Å². The molecule has 1 aromatic rings.